The van der Waals surface area contributed by atoms with E-state index in [9.17, 15) is 4.79 Å². The van der Waals surface area contributed by atoms with Crippen LogP contribution in [0.3, 0.4) is 0 Å². The maximum atomic E-state index is 11.8. The second kappa shape index (κ2) is 7.64. The summed E-state index contributed by atoms with van der Waals surface area (Å²) in [5.74, 6) is 7.33. The van der Waals surface area contributed by atoms with Gasteiger partial charge in [-0.05, 0) is 27.2 Å². The fourth-order valence-electron chi connectivity index (χ4n) is 1.78. The van der Waals surface area contributed by atoms with E-state index in [1.807, 2.05) is 13.8 Å². The van der Waals surface area contributed by atoms with Crippen LogP contribution >= 0.6 is 0 Å². The molecule has 5 N–H and O–H groups in total. The second-order valence-corrected chi connectivity index (χ2v) is 4.62. The van der Waals surface area contributed by atoms with Gasteiger partial charge < -0.3 is 16.1 Å². The lowest BCUT2D eigenvalue weighted by molar-refractivity contribution is -0.121. The van der Waals surface area contributed by atoms with Crippen molar-refractivity contribution in [2.24, 2.45) is 5.84 Å². The fraction of sp³-hybridized carbons (Fsp3) is 0.615. The van der Waals surface area contributed by atoms with Crippen molar-refractivity contribution in [2.75, 3.05) is 17.3 Å². The maximum Gasteiger partial charge on any atom is 0.242 e. The zero-order valence-electron chi connectivity index (χ0n) is 12.6. The Hall–Kier alpha value is -1.89. The molecule has 0 fully saturated rings. The molecule has 20 heavy (non-hydrogen) atoms. The van der Waals surface area contributed by atoms with Crippen molar-refractivity contribution < 1.29 is 4.79 Å². The molecule has 1 atom stereocenters. The third-order valence-electron chi connectivity index (χ3n) is 2.90. The number of carbonyl (C=O) groups is 1. The lowest BCUT2D eigenvalue weighted by atomic mass is 10.2. The first-order valence-corrected chi connectivity index (χ1v) is 6.91. The Balaban J connectivity index is 2.97. The minimum absolute atomic E-state index is 0.0650. The van der Waals surface area contributed by atoms with Gasteiger partial charge in [-0.1, -0.05) is 6.92 Å². The number of nitrogen functional groups attached to an aromatic ring is 1. The van der Waals surface area contributed by atoms with Crippen LogP contribution in [0.4, 0.5) is 11.6 Å². The molecule has 0 spiro atoms. The van der Waals surface area contributed by atoms with E-state index in [1.54, 1.807) is 6.92 Å². The van der Waals surface area contributed by atoms with Crippen LogP contribution in [0.15, 0.2) is 0 Å². The number of hydrazine groups is 1. The summed E-state index contributed by atoms with van der Waals surface area (Å²) in [7, 11) is 0. The number of hydrogen-bond acceptors (Lipinski definition) is 6. The summed E-state index contributed by atoms with van der Waals surface area (Å²) >= 11 is 0. The topological polar surface area (TPSA) is 105 Å². The van der Waals surface area contributed by atoms with E-state index in [0.717, 1.165) is 18.4 Å². The van der Waals surface area contributed by atoms with Crippen LogP contribution in [-0.4, -0.2) is 28.5 Å². The highest BCUT2D eigenvalue weighted by Gasteiger charge is 2.16. The number of aryl methyl sites for hydroxylation is 1. The highest BCUT2D eigenvalue weighted by molar-refractivity contribution is 5.84. The SMILES string of the molecule is CCCc1nc(NN)c(C)c(NC(C)C(=O)NCC)n1. The van der Waals surface area contributed by atoms with Gasteiger partial charge in [0.15, 0.2) is 0 Å². The summed E-state index contributed by atoms with van der Waals surface area (Å²) < 4.78 is 0. The molecule has 0 aliphatic rings. The molecule has 1 unspecified atom stereocenters. The predicted octanol–water partition coefficient (Wildman–Crippen LogP) is 0.960. The number of rotatable bonds is 7. The zero-order chi connectivity index (χ0) is 15.1. The molecule has 7 nitrogen and oxygen atoms in total. The van der Waals surface area contributed by atoms with E-state index in [2.05, 4.69) is 33.0 Å². The zero-order valence-corrected chi connectivity index (χ0v) is 12.6. The first-order valence-electron chi connectivity index (χ1n) is 6.91. The molecule has 0 bridgehead atoms. The normalized spacial score (nSPS) is 11.8. The Morgan fingerprint density at radius 3 is 2.50 bits per heavy atom. The number of nitrogens with one attached hydrogen (secondary N) is 3. The monoisotopic (exact) mass is 280 g/mol. The molecular weight excluding hydrogens is 256 g/mol. The van der Waals surface area contributed by atoms with Crippen LogP contribution in [0.25, 0.3) is 0 Å². The van der Waals surface area contributed by atoms with Crippen LogP contribution in [0, 0.1) is 6.92 Å². The number of nitrogens with two attached hydrogens (primary N) is 1. The van der Waals surface area contributed by atoms with E-state index in [4.69, 9.17) is 5.84 Å². The van der Waals surface area contributed by atoms with E-state index in [0.29, 0.717) is 24.0 Å². The Labute approximate surface area is 119 Å². The van der Waals surface area contributed by atoms with E-state index in [-0.39, 0.29) is 11.9 Å². The van der Waals surface area contributed by atoms with Crippen molar-refractivity contribution in [3.8, 4) is 0 Å². The highest BCUT2D eigenvalue weighted by Crippen LogP contribution is 2.20. The lowest BCUT2D eigenvalue weighted by Gasteiger charge is -2.17. The molecule has 0 aromatic carbocycles. The Kier molecular flexibility index (Phi) is 6.17. The molecule has 0 aliphatic carbocycles. The number of likely N-dealkylation sites (N-methyl/N-ethyl adjacent to an activating group) is 1. The number of aromatic nitrogens is 2. The van der Waals surface area contributed by atoms with Crippen LogP contribution in [0.5, 0.6) is 0 Å². The number of carbonyl (C=O) groups excluding carboxylic acids is 1. The first kappa shape index (κ1) is 16.2. The van der Waals surface area contributed by atoms with Gasteiger partial charge in [-0.2, -0.15) is 0 Å². The van der Waals surface area contributed by atoms with Crippen LogP contribution in [-0.2, 0) is 11.2 Å². The number of anilines is 2. The average molecular weight is 280 g/mol. The summed E-state index contributed by atoms with van der Waals surface area (Å²) in [6, 6.07) is -0.372. The summed E-state index contributed by atoms with van der Waals surface area (Å²) in [5, 5.41) is 5.88. The molecular formula is C13H24N6O. The number of amides is 1. The Morgan fingerprint density at radius 2 is 1.95 bits per heavy atom. The summed E-state index contributed by atoms with van der Waals surface area (Å²) in [5.41, 5.74) is 3.37. The van der Waals surface area contributed by atoms with Gasteiger partial charge in [0.25, 0.3) is 0 Å². The molecule has 1 aromatic rings. The summed E-state index contributed by atoms with van der Waals surface area (Å²) in [6.45, 7) is 8.20. The maximum absolute atomic E-state index is 11.8. The molecule has 1 rings (SSSR count). The predicted molar refractivity (Wildman–Crippen MR) is 80.3 cm³/mol. The summed E-state index contributed by atoms with van der Waals surface area (Å²) in [6.07, 6.45) is 1.71. The average Bonchev–Trinajstić information content (AvgIpc) is 2.42. The van der Waals surface area contributed by atoms with E-state index >= 15 is 0 Å². The minimum Gasteiger partial charge on any atom is -0.358 e. The second-order valence-electron chi connectivity index (χ2n) is 4.62. The summed E-state index contributed by atoms with van der Waals surface area (Å²) in [4.78, 5) is 20.6. The number of nitrogens with zero attached hydrogens (tertiary/aromatic N) is 2. The third-order valence-corrected chi connectivity index (χ3v) is 2.90. The Bertz CT molecular complexity index is 462. The molecule has 1 aromatic heterocycles. The minimum atomic E-state index is -0.372. The van der Waals surface area contributed by atoms with Crippen molar-refractivity contribution in [1.29, 1.82) is 0 Å². The standard InChI is InChI=1S/C13H24N6O/c1-5-7-10-17-11(8(3)12(18-10)19-14)16-9(4)13(20)15-6-2/h9H,5-7,14H2,1-4H3,(H,15,20)(H2,16,17,18,19). The number of hydrogen-bond donors (Lipinski definition) is 4. The van der Waals surface area contributed by atoms with Crippen LogP contribution < -0.4 is 21.9 Å². The van der Waals surface area contributed by atoms with E-state index in [1.165, 1.54) is 0 Å². The van der Waals surface area contributed by atoms with Gasteiger partial charge >= 0.3 is 0 Å². The van der Waals surface area contributed by atoms with Gasteiger partial charge in [0, 0.05) is 18.5 Å². The van der Waals surface area contributed by atoms with Gasteiger partial charge in [0.1, 0.15) is 23.5 Å². The molecule has 112 valence electrons. The molecule has 0 aliphatic heterocycles. The van der Waals surface area contributed by atoms with Crippen LogP contribution in [0.1, 0.15) is 38.6 Å². The molecule has 1 amide bonds. The van der Waals surface area contributed by atoms with Gasteiger partial charge in [0.05, 0.1) is 0 Å². The molecule has 0 saturated carbocycles. The molecule has 1 heterocycles. The van der Waals surface area contributed by atoms with Crippen LogP contribution in [0.2, 0.25) is 0 Å². The quantitative estimate of drug-likeness (QED) is 0.438. The molecule has 7 heteroatoms. The van der Waals surface area contributed by atoms with Crippen molar-refractivity contribution in [3.63, 3.8) is 0 Å². The van der Waals surface area contributed by atoms with Gasteiger partial charge in [-0.25, -0.2) is 15.8 Å². The van der Waals surface area contributed by atoms with Gasteiger partial charge in [0.2, 0.25) is 5.91 Å². The molecule has 0 radical (unpaired) electrons. The van der Waals surface area contributed by atoms with Gasteiger partial charge in [-0.15, -0.1) is 0 Å². The smallest absolute Gasteiger partial charge is 0.242 e. The third kappa shape index (κ3) is 4.06. The highest BCUT2D eigenvalue weighted by atomic mass is 16.2. The fourth-order valence-corrected chi connectivity index (χ4v) is 1.78. The Morgan fingerprint density at radius 1 is 1.30 bits per heavy atom. The largest absolute Gasteiger partial charge is 0.358 e. The first-order chi connectivity index (χ1) is 9.53. The van der Waals surface area contributed by atoms with Crippen molar-refractivity contribution in [2.45, 2.75) is 46.6 Å². The molecule has 0 saturated heterocycles. The van der Waals surface area contributed by atoms with Crippen molar-refractivity contribution in [1.82, 2.24) is 15.3 Å². The lowest BCUT2D eigenvalue weighted by Crippen LogP contribution is -2.37. The van der Waals surface area contributed by atoms with Crippen molar-refractivity contribution >= 4 is 17.5 Å². The van der Waals surface area contributed by atoms with Crippen molar-refractivity contribution in [3.05, 3.63) is 11.4 Å². The van der Waals surface area contributed by atoms with Gasteiger partial charge in [-0.3, -0.25) is 4.79 Å². The van der Waals surface area contributed by atoms with E-state index < -0.39 is 0 Å².